The van der Waals surface area contributed by atoms with Crippen molar-refractivity contribution in [2.45, 2.75) is 84.2 Å². The molecule has 0 aromatic carbocycles. The van der Waals surface area contributed by atoms with E-state index in [4.69, 9.17) is 26.8 Å². The largest absolute Gasteiger partial charge is 0.377 e. The number of ether oxygens (including phenoxy) is 4. The van der Waals surface area contributed by atoms with Crippen LogP contribution in [0, 0.1) is 0 Å². The van der Waals surface area contributed by atoms with Gasteiger partial charge in [0, 0.05) is 6.00 Å². The fourth-order valence-corrected chi connectivity index (χ4v) is 2.13. The average Bonchev–Trinajstić information content (AvgIpc) is 2.53. The van der Waals surface area contributed by atoms with Crippen LogP contribution >= 0.6 is 0 Å². The first kappa shape index (κ1) is 17.0. The van der Waals surface area contributed by atoms with Gasteiger partial charge < -0.3 is 18.9 Å². The van der Waals surface area contributed by atoms with Gasteiger partial charge in [0.2, 0.25) is 0 Å². The van der Waals surface area contributed by atoms with Crippen LogP contribution in [-0.2, 0) is 18.9 Å². The van der Waals surface area contributed by atoms with Crippen molar-refractivity contribution in [3.63, 3.8) is 0 Å². The molecule has 1 aliphatic heterocycles. The molecular formula is C14H27BO4. The van der Waals surface area contributed by atoms with Crippen LogP contribution in [-0.4, -0.2) is 57.1 Å². The summed E-state index contributed by atoms with van der Waals surface area (Å²) < 4.78 is 23.1. The Kier molecular flexibility index (Phi) is 6.81. The van der Waals surface area contributed by atoms with Gasteiger partial charge in [0.15, 0.2) is 0 Å². The standard InChI is InChI=1S/C14H27BO4/c1-8(2)16-7-11-12(17-9(3)4)13(14(15)19-11)18-10(5)6/h8-14H,7H2,1-6H3/t11-,12+,13?,14-/m1/s1. The first-order valence-electron chi connectivity index (χ1n) is 7.14. The summed E-state index contributed by atoms with van der Waals surface area (Å²) in [6.07, 6.45) is -0.270. The molecular weight excluding hydrogens is 243 g/mol. The number of rotatable bonds is 7. The molecule has 0 aromatic rings. The Morgan fingerprint density at radius 3 is 1.89 bits per heavy atom. The predicted molar refractivity (Wildman–Crippen MR) is 75.5 cm³/mol. The van der Waals surface area contributed by atoms with Crippen LogP contribution < -0.4 is 0 Å². The highest BCUT2D eigenvalue weighted by Crippen LogP contribution is 2.27. The molecule has 0 spiro atoms. The van der Waals surface area contributed by atoms with E-state index in [9.17, 15) is 0 Å². The summed E-state index contributed by atoms with van der Waals surface area (Å²) in [6, 6.07) is -0.466. The molecule has 1 rings (SSSR count). The van der Waals surface area contributed by atoms with Crippen molar-refractivity contribution in [3.05, 3.63) is 0 Å². The molecule has 4 nitrogen and oxygen atoms in total. The molecule has 0 N–H and O–H groups in total. The van der Waals surface area contributed by atoms with Gasteiger partial charge in [-0.2, -0.15) is 0 Å². The van der Waals surface area contributed by atoms with E-state index in [-0.39, 0.29) is 36.6 Å². The summed E-state index contributed by atoms with van der Waals surface area (Å²) >= 11 is 0. The van der Waals surface area contributed by atoms with Gasteiger partial charge in [-0.15, -0.1) is 0 Å². The molecule has 1 fully saturated rings. The molecule has 19 heavy (non-hydrogen) atoms. The van der Waals surface area contributed by atoms with Gasteiger partial charge in [0.05, 0.1) is 24.9 Å². The first-order chi connectivity index (χ1) is 8.81. The molecule has 1 heterocycles. The molecule has 0 aromatic heterocycles. The molecule has 1 saturated heterocycles. The Balaban J connectivity index is 2.68. The van der Waals surface area contributed by atoms with Crippen molar-refractivity contribution in [3.8, 4) is 0 Å². The van der Waals surface area contributed by atoms with Crippen molar-refractivity contribution in [2.75, 3.05) is 6.61 Å². The predicted octanol–water partition coefficient (Wildman–Crippen LogP) is 1.89. The Morgan fingerprint density at radius 2 is 1.42 bits per heavy atom. The maximum Gasteiger partial charge on any atom is 0.114 e. The average molecular weight is 270 g/mol. The van der Waals surface area contributed by atoms with Crippen LogP contribution in [0.25, 0.3) is 0 Å². The minimum Gasteiger partial charge on any atom is -0.377 e. The Morgan fingerprint density at radius 1 is 0.895 bits per heavy atom. The van der Waals surface area contributed by atoms with Crippen molar-refractivity contribution >= 4 is 7.85 Å². The van der Waals surface area contributed by atoms with Gasteiger partial charge in [-0.1, -0.05) is 0 Å². The van der Waals surface area contributed by atoms with Gasteiger partial charge in [-0.3, -0.25) is 0 Å². The van der Waals surface area contributed by atoms with Crippen LogP contribution in [0.3, 0.4) is 0 Å². The minimum absolute atomic E-state index is 0.0858. The maximum absolute atomic E-state index is 6.01. The minimum atomic E-state index is -0.466. The zero-order valence-corrected chi connectivity index (χ0v) is 13.0. The lowest BCUT2D eigenvalue weighted by Crippen LogP contribution is -2.42. The normalized spacial score (nSPS) is 31.8. The van der Waals surface area contributed by atoms with E-state index in [1.165, 1.54) is 0 Å². The lowest BCUT2D eigenvalue weighted by Gasteiger charge is -2.27. The van der Waals surface area contributed by atoms with E-state index in [0.29, 0.717) is 6.61 Å². The van der Waals surface area contributed by atoms with Gasteiger partial charge in [0.25, 0.3) is 0 Å². The maximum atomic E-state index is 6.01. The smallest absolute Gasteiger partial charge is 0.114 e. The summed E-state index contributed by atoms with van der Waals surface area (Å²) in [5.74, 6) is 0. The highest BCUT2D eigenvalue weighted by Gasteiger charge is 2.44. The van der Waals surface area contributed by atoms with Crippen LogP contribution in [0.5, 0.6) is 0 Å². The van der Waals surface area contributed by atoms with Crippen LogP contribution in [0.4, 0.5) is 0 Å². The summed E-state index contributed by atoms with van der Waals surface area (Å²) in [6.45, 7) is 12.4. The number of hydrogen-bond donors (Lipinski definition) is 0. The summed E-state index contributed by atoms with van der Waals surface area (Å²) in [4.78, 5) is 0. The zero-order valence-electron chi connectivity index (χ0n) is 13.0. The second kappa shape index (κ2) is 7.62. The third kappa shape index (κ3) is 5.42. The fraction of sp³-hybridized carbons (Fsp3) is 1.00. The van der Waals surface area contributed by atoms with Crippen LogP contribution in [0.15, 0.2) is 0 Å². The van der Waals surface area contributed by atoms with Crippen molar-refractivity contribution in [2.24, 2.45) is 0 Å². The third-order valence-electron chi connectivity index (χ3n) is 2.80. The zero-order chi connectivity index (χ0) is 14.6. The van der Waals surface area contributed by atoms with E-state index in [1.54, 1.807) is 0 Å². The molecule has 1 unspecified atom stereocenters. The topological polar surface area (TPSA) is 36.9 Å². The quantitative estimate of drug-likeness (QED) is 0.662. The summed E-state index contributed by atoms with van der Waals surface area (Å²) in [7, 11) is 6.01. The molecule has 4 atom stereocenters. The molecule has 0 aliphatic carbocycles. The molecule has 2 radical (unpaired) electrons. The lowest BCUT2D eigenvalue weighted by molar-refractivity contribution is -0.112. The second-order valence-electron chi connectivity index (χ2n) is 5.82. The molecule has 0 saturated carbocycles. The Labute approximate surface area is 118 Å². The number of hydrogen-bond acceptors (Lipinski definition) is 4. The first-order valence-corrected chi connectivity index (χ1v) is 7.14. The summed E-state index contributed by atoms with van der Waals surface area (Å²) in [5, 5.41) is 0. The second-order valence-corrected chi connectivity index (χ2v) is 5.82. The van der Waals surface area contributed by atoms with Gasteiger partial charge in [0.1, 0.15) is 26.2 Å². The SMILES string of the molecule is [B][C@@H]1O[C@H](COC(C)C)[C@H](OC(C)C)C1OC(C)C. The van der Waals surface area contributed by atoms with E-state index in [0.717, 1.165) is 0 Å². The lowest BCUT2D eigenvalue weighted by atomic mass is 9.92. The fourth-order valence-electron chi connectivity index (χ4n) is 2.13. The van der Waals surface area contributed by atoms with Crippen molar-refractivity contribution < 1.29 is 18.9 Å². The highest BCUT2D eigenvalue weighted by molar-refractivity contribution is 6.11. The molecule has 110 valence electrons. The molecule has 1 aliphatic rings. The Bertz CT molecular complexity index is 258. The van der Waals surface area contributed by atoms with E-state index >= 15 is 0 Å². The third-order valence-corrected chi connectivity index (χ3v) is 2.80. The van der Waals surface area contributed by atoms with Gasteiger partial charge in [-0.25, -0.2) is 0 Å². The van der Waals surface area contributed by atoms with E-state index in [2.05, 4.69) is 0 Å². The molecule has 5 heteroatoms. The highest BCUT2D eigenvalue weighted by atomic mass is 16.6. The van der Waals surface area contributed by atoms with Crippen molar-refractivity contribution in [1.29, 1.82) is 0 Å². The summed E-state index contributed by atoms with van der Waals surface area (Å²) in [5.41, 5.74) is 0. The van der Waals surface area contributed by atoms with E-state index < -0.39 is 6.00 Å². The molecule has 0 bridgehead atoms. The van der Waals surface area contributed by atoms with Crippen LogP contribution in [0.1, 0.15) is 41.5 Å². The van der Waals surface area contributed by atoms with Gasteiger partial charge in [-0.05, 0) is 41.5 Å². The van der Waals surface area contributed by atoms with E-state index in [1.807, 2.05) is 41.5 Å². The van der Waals surface area contributed by atoms with Crippen LogP contribution in [0.2, 0.25) is 0 Å². The monoisotopic (exact) mass is 270 g/mol. The Hall–Kier alpha value is -0.0951. The van der Waals surface area contributed by atoms with Gasteiger partial charge >= 0.3 is 0 Å². The molecule has 0 amide bonds. The van der Waals surface area contributed by atoms with Crippen molar-refractivity contribution in [1.82, 2.24) is 0 Å².